The van der Waals surface area contributed by atoms with Gasteiger partial charge in [-0.3, -0.25) is 14.7 Å². The molecule has 0 aromatic heterocycles. The molecule has 1 saturated heterocycles. The molecular formula is C21H36IN5O. The summed E-state index contributed by atoms with van der Waals surface area (Å²) in [4.78, 5) is 21.1. The summed E-state index contributed by atoms with van der Waals surface area (Å²) in [5, 5.41) is 6.30. The van der Waals surface area contributed by atoms with Crippen LogP contribution in [0.1, 0.15) is 31.9 Å². The van der Waals surface area contributed by atoms with E-state index in [1.807, 2.05) is 13.8 Å². The monoisotopic (exact) mass is 501 g/mol. The number of piperazine rings is 1. The molecular weight excluding hydrogens is 465 g/mol. The van der Waals surface area contributed by atoms with Crippen molar-refractivity contribution in [3.63, 3.8) is 0 Å². The van der Waals surface area contributed by atoms with Crippen molar-refractivity contribution in [2.45, 2.75) is 34.2 Å². The summed E-state index contributed by atoms with van der Waals surface area (Å²) < 4.78 is 0. The van der Waals surface area contributed by atoms with Crippen molar-refractivity contribution < 1.29 is 4.79 Å². The molecule has 1 aliphatic rings. The van der Waals surface area contributed by atoms with Gasteiger partial charge < -0.3 is 15.5 Å². The molecule has 1 amide bonds. The van der Waals surface area contributed by atoms with E-state index in [-0.39, 0.29) is 35.8 Å². The van der Waals surface area contributed by atoms with Gasteiger partial charge in [-0.05, 0) is 19.4 Å². The van der Waals surface area contributed by atoms with Gasteiger partial charge in [-0.25, -0.2) is 0 Å². The Hall–Kier alpha value is -1.35. The number of halogens is 1. The van der Waals surface area contributed by atoms with E-state index in [0.29, 0.717) is 13.1 Å². The van der Waals surface area contributed by atoms with E-state index in [1.54, 1.807) is 0 Å². The molecule has 2 rings (SSSR count). The molecule has 1 aliphatic heterocycles. The molecule has 0 bridgehead atoms. The Bertz CT molecular complexity index is 627. The minimum atomic E-state index is 0. The number of hydrogen-bond acceptors (Lipinski definition) is 3. The molecule has 28 heavy (non-hydrogen) atoms. The van der Waals surface area contributed by atoms with Gasteiger partial charge in [0.05, 0.1) is 6.54 Å². The third-order valence-electron chi connectivity index (χ3n) is 4.69. The highest BCUT2D eigenvalue weighted by molar-refractivity contribution is 14.0. The first kappa shape index (κ1) is 24.7. The van der Waals surface area contributed by atoms with E-state index < -0.39 is 0 Å². The SMILES string of the molecule is CCNC(=NCCNC(=O)C(C)C)N1CCN(Cc2cccc(C)c2)CC1.I. The molecule has 0 radical (unpaired) electrons. The van der Waals surface area contributed by atoms with E-state index in [9.17, 15) is 4.79 Å². The first-order valence-electron chi connectivity index (χ1n) is 10.1. The number of nitrogens with zero attached hydrogens (tertiary/aromatic N) is 3. The maximum Gasteiger partial charge on any atom is 0.222 e. The van der Waals surface area contributed by atoms with Crippen molar-refractivity contribution in [1.29, 1.82) is 0 Å². The third-order valence-corrected chi connectivity index (χ3v) is 4.69. The van der Waals surface area contributed by atoms with E-state index in [4.69, 9.17) is 0 Å². The zero-order chi connectivity index (χ0) is 19.6. The largest absolute Gasteiger partial charge is 0.357 e. The average molecular weight is 501 g/mol. The molecule has 0 aliphatic carbocycles. The fraction of sp³-hybridized carbons (Fsp3) is 0.619. The number of carbonyl (C=O) groups excluding carboxylic acids is 1. The standard InChI is InChI=1S/C21H35N5O.HI/c1-5-22-21(24-10-9-23-20(27)17(2)3)26-13-11-25(12-14-26)16-19-8-6-7-18(4)15-19;/h6-8,15,17H,5,9-14,16H2,1-4H3,(H,22,24)(H,23,27);1H. The number of nitrogens with one attached hydrogen (secondary N) is 2. The summed E-state index contributed by atoms with van der Waals surface area (Å²) in [7, 11) is 0. The number of aliphatic imine (C=N–C) groups is 1. The highest BCUT2D eigenvalue weighted by Crippen LogP contribution is 2.10. The summed E-state index contributed by atoms with van der Waals surface area (Å²) in [6, 6.07) is 8.75. The van der Waals surface area contributed by atoms with Crippen molar-refractivity contribution in [1.82, 2.24) is 20.4 Å². The summed E-state index contributed by atoms with van der Waals surface area (Å²) in [6.45, 7) is 15.1. The Balaban J connectivity index is 0.00000392. The third kappa shape index (κ3) is 8.34. The molecule has 7 heteroatoms. The Morgan fingerprint density at radius 2 is 1.89 bits per heavy atom. The van der Waals surface area contributed by atoms with Crippen LogP contribution in [-0.2, 0) is 11.3 Å². The molecule has 1 aromatic rings. The van der Waals surface area contributed by atoms with Gasteiger partial charge in [0.1, 0.15) is 0 Å². The zero-order valence-electron chi connectivity index (χ0n) is 17.7. The molecule has 0 spiro atoms. The van der Waals surface area contributed by atoms with Crippen LogP contribution in [0.4, 0.5) is 0 Å². The topological polar surface area (TPSA) is 60.0 Å². The highest BCUT2D eigenvalue weighted by atomic mass is 127. The number of aryl methyl sites for hydroxylation is 1. The lowest BCUT2D eigenvalue weighted by Gasteiger charge is -2.36. The minimum Gasteiger partial charge on any atom is -0.357 e. The van der Waals surface area contributed by atoms with Crippen molar-refractivity contribution >= 4 is 35.8 Å². The Morgan fingerprint density at radius 3 is 2.50 bits per heavy atom. The highest BCUT2D eigenvalue weighted by Gasteiger charge is 2.19. The van der Waals surface area contributed by atoms with Gasteiger partial charge in [0, 0.05) is 51.7 Å². The predicted octanol–water partition coefficient (Wildman–Crippen LogP) is 2.47. The van der Waals surface area contributed by atoms with Gasteiger partial charge in [-0.1, -0.05) is 43.7 Å². The lowest BCUT2D eigenvalue weighted by molar-refractivity contribution is -0.123. The predicted molar refractivity (Wildman–Crippen MR) is 127 cm³/mol. The van der Waals surface area contributed by atoms with Gasteiger partial charge >= 0.3 is 0 Å². The number of benzene rings is 1. The van der Waals surface area contributed by atoms with Crippen molar-refractivity contribution in [3.8, 4) is 0 Å². The maximum atomic E-state index is 11.6. The normalized spacial score (nSPS) is 15.3. The Kier molecular flexibility index (Phi) is 11.4. The van der Waals surface area contributed by atoms with Gasteiger partial charge in [-0.2, -0.15) is 0 Å². The zero-order valence-corrected chi connectivity index (χ0v) is 20.0. The fourth-order valence-corrected chi connectivity index (χ4v) is 3.16. The molecule has 158 valence electrons. The second-order valence-corrected chi connectivity index (χ2v) is 7.43. The number of guanidine groups is 1. The van der Waals surface area contributed by atoms with E-state index in [2.05, 4.69) is 63.5 Å². The van der Waals surface area contributed by atoms with Crippen LogP contribution in [0.5, 0.6) is 0 Å². The quantitative estimate of drug-likeness (QED) is 0.261. The molecule has 6 nitrogen and oxygen atoms in total. The van der Waals surface area contributed by atoms with Crippen LogP contribution < -0.4 is 10.6 Å². The van der Waals surface area contributed by atoms with Crippen LogP contribution in [0.3, 0.4) is 0 Å². The minimum absolute atomic E-state index is 0. The van der Waals surface area contributed by atoms with Gasteiger partial charge in [0.25, 0.3) is 0 Å². The number of hydrogen-bond donors (Lipinski definition) is 2. The molecule has 0 saturated carbocycles. The van der Waals surface area contributed by atoms with E-state index in [0.717, 1.165) is 45.2 Å². The van der Waals surface area contributed by atoms with Crippen LogP contribution >= 0.6 is 24.0 Å². The molecule has 2 N–H and O–H groups in total. The summed E-state index contributed by atoms with van der Waals surface area (Å²) >= 11 is 0. The Morgan fingerprint density at radius 1 is 1.18 bits per heavy atom. The number of amides is 1. The van der Waals surface area contributed by atoms with Crippen LogP contribution in [0.2, 0.25) is 0 Å². The number of carbonyl (C=O) groups is 1. The molecule has 1 fully saturated rings. The summed E-state index contributed by atoms with van der Waals surface area (Å²) in [6.07, 6.45) is 0. The number of rotatable bonds is 7. The molecule has 0 atom stereocenters. The second-order valence-electron chi connectivity index (χ2n) is 7.43. The lowest BCUT2D eigenvalue weighted by atomic mass is 10.1. The van der Waals surface area contributed by atoms with Crippen molar-refractivity contribution in [3.05, 3.63) is 35.4 Å². The van der Waals surface area contributed by atoms with Crippen LogP contribution in [-0.4, -0.2) is 67.5 Å². The van der Waals surface area contributed by atoms with Crippen LogP contribution in [0.15, 0.2) is 29.3 Å². The van der Waals surface area contributed by atoms with Crippen molar-refractivity contribution in [2.24, 2.45) is 10.9 Å². The smallest absolute Gasteiger partial charge is 0.222 e. The van der Waals surface area contributed by atoms with Gasteiger partial charge in [0.15, 0.2) is 5.96 Å². The van der Waals surface area contributed by atoms with Gasteiger partial charge in [-0.15, -0.1) is 24.0 Å². The summed E-state index contributed by atoms with van der Waals surface area (Å²) in [5.41, 5.74) is 2.70. The van der Waals surface area contributed by atoms with Crippen LogP contribution in [0, 0.1) is 12.8 Å². The first-order valence-corrected chi connectivity index (χ1v) is 10.1. The lowest BCUT2D eigenvalue weighted by Crippen LogP contribution is -2.52. The fourth-order valence-electron chi connectivity index (χ4n) is 3.16. The van der Waals surface area contributed by atoms with Crippen molar-refractivity contribution in [2.75, 3.05) is 45.8 Å². The average Bonchev–Trinajstić information content (AvgIpc) is 2.64. The molecule has 1 heterocycles. The summed E-state index contributed by atoms with van der Waals surface area (Å²) in [5.74, 6) is 1.05. The van der Waals surface area contributed by atoms with Gasteiger partial charge in [0.2, 0.25) is 5.91 Å². The molecule has 0 unspecified atom stereocenters. The molecule has 1 aromatic carbocycles. The van der Waals surface area contributed by atoms with E-state index >= 15 is 0 Å². The van der Waals surface area contributed by atoms with Crippen LogP contribution in [0.25, 0.3) is 0 Å². The maximum absolute atomic E-state index is 11.6. The first-order chi connectivity index (χ1) is 13.0. The van der Waals surface area contributed by atoms with E-state index in [1.165, 1.54) is 11.1 Å². The second kappa shape index (κ2) is 13.0. The Labute approximate surface area is 187 Å².